The molecule has 3 rings (SSSR count). The zero-order valence-electron chi connectivity index (χ0n) is 20.5. The van der Waals surface area contributed by atoms with Crippen LogP contribution in [0.25, 0.3) is 6.08 Å². The third-order valence-electron chi connectivity index (χ3n) is 6.20. The standard InChI is InChI=1S/C30H38O5/c1-22-19-23(2)21-27-14-7-12-26(34-27)13-8-16-30(33)35-29(15-6-11-25(31)20-22)28(32)18-17-24-9-4-3-5-10-24/h3-12,16-18,23,25-29,31-32H,1,13-15,19-21H2,2H3/b11-6+,16-8-,18-17+/t23-,25+,26-,27-,28-,29-/m0/s1. The summed E-state index contributed by atoms with van der Waals surface area (Å²) in [5, 5.41) is 21.2. The number of carbonyl (C=O) groups excluding carboxylic acids is 1. The molecule has 2 heterocycles. The summed E-state index contributed by atoms with van der Waals surface area (Å²) in [6, 6.07) is 9.61. The van der Waals surface area contributed by atoms with E-state index in [-0.39, 0.29) is 18.6 Å². The molecule has 0 saturated heterocycles. The molecule has 2 N–H and O–H groups in total. The van der Waals surface area contributed by atoms with E-state index in [1.54, 1.807) is 30.4 Å². The van der Waals surface area contributed by atoms with Crippen LogP contribution >= 0.6 is 0 Å². The quantitative estimate of drug-likeness (QED) is 0.455. The smallest absolute Gasteiger partial charge is 0.330 e. The Kier molecular flexibility index (Phi) is 10.7. The number of esters is 1. The van der Waals surface area contributed by atoms with E-state index in [4.69, 9.17) is 9.47 Å². The minimum absolute atomic E-state index is 0.0768. The molecule has 2 aliphatic rings. The van der Waals surface area contributed by atoms with Crippen molar-refractivity contribution < 1.29 is 24.5 Å². The lowest BCUT2D eigenvalue weighted by molar-refractivity contribution is -0.147. The number of aliphatic hydroxyl groups is 2. The summed E-state index contributed by atoms with van der Waals surface area (Å²) in [4.78, 5) is 12.5. The Morgan fingerprint density at radius 1 is 1.06 bits per heavy atom. The number of benzene rings is 1. The Bertz CT molecular complexity index is 929. The van der Waals surface area contributed by atoms with Crippen LogP contribution in [0.3, 0.4) is 0 Å². The van der Waals surface area contributed by atoms with Crippen LogP contribution in [0.15, 0.2) is 85.0 Å². The fraction of sp³-hybridized carbons (Fsp3) is 0.433. The average Bonchev–Trinajstić information content (AvgIpc) is 2.82. The summed E-state index contributed by atoms with van der Waals surface area (Å²) in [5.41, 5.74) is 1.94. The molecule has 0 aliphatic carbocycles. The molecule has 0 unspecified atom stereocenters. The highest BCUT2D eigenvalue weighted by molar-refractivity contribution is 5.82. The van der Waals surface area contributed by atoms with Gasteiger partial charge in [0.05, 0.1) is 18.3 Å². The third kappa shape index (κ3) is 9.81. The Morgan fingerprint density at radius 2 is 1.83 bits per heavy atom. The normalized spacial score (nSPS) is 31.8. The first kappa shape index (κ1) is 26.9. The van der Waals surface area contributed by atoms with Crippen LogP contribution in [0.4, 0.5) is 0 Å². The third-order valence-corrected chi connectivity index (χ3v) is 6.20. The second kappa shape index (κ2) is 14.0. The lowest BCUT2D eigenvalue weighted by atomic mass is 9.91. The summed E-state index contributed by atoms with van der Waals surface area (Å²) in [5.74, 6) is -0.119. The van der Waals surface area contributed by atoms with Gasteiger partial charge in [0, 0.05) is 12.5 Å². The molecule has 1 aromatic rings. The predicted octanol–water partition coefficient (Wildman–Crippen LogP) is 5.32. The fourth-order valence-electron chi connectivity index (χ4n) is 4.50. The zero-order valence-corrected chi connectivity index (χ0v) is 20.5. The van der Waals surface area contributed by atoms with Crippen molar-refractivity contribution >= 4 is 12.0 Å². The van der Waals surface area contributed by atoms with Crippen molar-refractivity contribution in [3.63, 3.8) is 0 Å². The first-order chi connectivity index (χ1) is 16.9. The first-order valence-corrected chi connectivity index (χ1v) is 12.5. The molecule has 6 atom stereocenters. The summed E-state index contributed by atoms with van der Waals surface area (Å²) in [7, 11) is 0. The summed E-state index contributed by atoms with van der Waals surface area (Å²) >= 11 is 0. The van der Waals surface area contributed by atoms with E-state index in [0.717, 1.165) is 30.4 Å². The van der Waals surface area contributed by atoms with Crippen molar-refractivity contribution in [3.05, 3.63) is 90.6 Å². The zero-order chi connectivity index (χ0) is 25.0. The van der Waals surface area contributed by atoms with Gasteiger partial charge >= 0.3 is 5.97 Å². The van der Waals surface area contributed by atoms with Crippen molar-refractivity contribution in [2.75, 3.05) is 0 Å². The first-order valence-electron chi connectivity index (χ1n) is 12.5. The highest BCUT2D eigenvalue weighted by Crippen LogP contribution is 2.25. The topological polar surface area (TPSA) is 76.0 Å². The Labute approximate surface area is 209 Å². The Hall–Kier alpha value is -2.73. The largest absolute Gasteiger partial charge is 0.456 e. The summed E-state index contributed by atoms with van der Waals surface area (Å²) in [6.07, 6.45) is 15.8. The maximum Gasteiger partial charge on any atom is 0.330 e. The van der Waals surface area contributed by atoms with Crippen LogP contribution in [0.5, 0.6) is 0 Å². The van der Waals surface area contributed by atoms with Gasteiger partial charge in [-0.25, -0.2) is 4.79 Å². The van der Waals surface area contributed by atoms with Crippen LogP contribution in [0, 0.1) is 5.92 Å². The van der Waals surface area contributed by atoms with Crippen molar-refractivity contribution in [1.82, 2.24) is 0 Å². The predicted molar refractivity (Wildman–Crippen MR) is 139 cm³/mol. The molecule has 1 aromatic carbocycles. The molecule has 0 saturated carbocycles. The minimum Gasteiger partial charge on any atom is -0.456 e. The number of carbonyl (C=O) groups is 1. The molecule has 0 amide bonds. The lowest BCUT2D eigenvalue weighted by Crippen LogP contribution is -2.29. The molecule has 2 bridgehead atoms. The van der Waals surface area contributed by atoms with E-state index in [2.05, 4.69) is 19.6 Å². The van der Waals surface area contributed by atoms with E-state index in [0.29, 0.717) is 18.8 Å². The van der Waals surface area contributed by atoms with E-state index in [1.165, 1.54) is 6.08 Å². The second-order valence-corrected chi connectivity index (χ2v) is 9.56. The van der Waals surface area contributed by atoms with Gasteiger partial charge in [-0.2, -0.15) is 0 Å². The van der Waals surface area contributed by atoms with Crippen molar-refractivity contribution in [2.24, 2.45) is 5.92 Å². The van der Waals surface area contributed by atoms with Crippen molar-refractivity contribution in [3.8, 4) is 0 Å². The second-order valence-electron chi connectivity index (χ2n) is 9.56. The van der Waals surface area contributed by atoms with Crippen molar-refractivity contribution in [1.29, 1.82) is 0 Å². The SMILES string of the molecule is C=C1C[C@H](C)C[C@@H]2CC=C[C@@H](C/C=C\C(=O)O[C@H]([C@@H](O)/C=C/c3ccccc3)C/C=C/[C@@H](O)C1)O2. The van der Waals surface area contributed by atoms with Crippen LogP contribution < -0.4 is 0 Å². The number of rotatable bonds is 3. The molecule has 188 valence electrons. The van der Waals surface area contributed by atoms with Gasteiger partial charge in [-0.05, 0) is 43.6 Å². The number of ether oxygens (including phenoxy) is 2. The molecule has 5 nitrogen and oxygen atoms in total. The van der Waals surface area contributed by atoms with E-state index < -0.39 is 24.3 Å². The van der Waals surface area contributed by atoms with Gasteiger partial charge in [0.25, 0.3) is 0 Å². The maximum atomic E-state index is 12.5. The van der Waals surface area contributed by atoms with Crippen LogP contribution in [-0.4, -0.2) is 46.7 Å². The molecule has 0 fully saturated rings. The number of fused-ring (bicyclic) bond motifs is 2. The lowest BCUT2D eigenvalue weighted by Gasteiger charge is -2.28. The summed E-state index contributed by atoms with van der Waals surface area (Å²) < 4.78 is 11.8. The molecular formula is C30H38O5. The molecule has 35 heavy (non-hydrogen) atoms. The molecular weight excluding hydrogens is 440 g/mol. The van der Waals surface area contributed by atoms with Gasteiger partial charge in [-0.1, -0.05) is 91.9 Å². The van der Waals surface area contributed by atoms with Gasteiger partial charge in [-0.3, -0.25) is 0 Å². The molecule has 0 spiro atoms. The van der Waals surface area contributed by atoms with Crippen LogP contribution in [0.1, 0.15) is 51.0 Å². The van der Waals surface area contributed by atoms with Gasteiger partial charge in [0.1, 0.15) is 12.2 Å². The number of cyclic esters (lactones) is 1. The average molecular weight is 479 g/mol. The van der Waals surface area contributed by atoms with E-state index in [1.807, 2.05) is 36.4 Å². The fourth-order valence-corrected chi connectivity index (χ4v) is 4.50. The van der Waals surface area contributed by atoms with Crippen molar-refractivity contribution in [2.45, 2.75) is 76.0 Å². The molecule has 0 radical (unpaired) electrons. The monoisotopic (exact) mass is 478 g/mol. The van der Waals surface area contributed by atoms with Gasteiger partial charge in [-0.15, -0.1) is 0 Å². The Morgan fingerprint density at radius 3 is 2.63 bits per heavy atom. The maximum absolute atomic E-state index is 12.5. The number of aliphatic hydroxyl groups excluding tert-OH is 2. The van der Waals surface area contributed by atoms with Crippen LogP contribution in [-0.2, 0) is 14.3 Å². The number of hydrogen-bond acceptors (Lipinski definition) is 5. The minimum atomic E-state index is -0.999. The van der Waals surface area contributed by atoms with Gasteiger partial charge in [0.15, 0.2) is 0 Å². The molecule has 2 aliphatic heterocycles. The summed E-state index contributed by atoms with van der Waals surface area (Å²) in [6.45, 7) is 6.34. The molecule has 5 heteroatoms. The highest BCUT2D eigenvalue weighted by Gasteiger charge is 2.22. The number of hydrogen-bond donors (Lipinski definition) is 2. The van der Waals surface area contributed by atoms with E-state index >= 15 is 0 Å². The van der Waals surface area contributed by atoms with Crippen LogP contribution in [0.2, 0.25) is 0 Å². The highest BCUT2D eigenvalue weighted by atomic mass is 16.6. The molecule has 0 aromatic heterocycles. The Balaban J connectivity index is 1.72. The van der Waals surface area contributed by atoms with Gasteiger partial charge < -0.3 is 19.7 Å². The van der Waals surface area contributed by atoms with E-state index in [9.17, 15) is 15.0 Å². The van der Waals surface area contributed by atoms with Gasteiger partial charge in [0.2, 0.25) is 0 Å².